The number of carbonyl (C=O) groups excluding carboxylic acids is 1. The molecular formula is C19H16N2O3. The smallest absolute Gasteiger partial charge is 0.330 e. The fraction of sp³-hybridized carbons (Fsp3) is 0.158. The van der Waals surface area contributed by atoms with E-state index in [4.69, 9.17) is 0 Å². The molecule has 2 aromatic carbocycles. The molecule has 1 aromatic heterocycles. The van der Waals surface area contributed by atoms with Crippen molar-refractivity contribution in [3.63, 3.8) is 0 Å². The number of carboxylic acid groups (broad SMARTS) is 1. The van der Waals surface area contributed by atoms with E-state index in [-0.39, 0.29) is 11.8 Å². The Kier molecular flexibility index (Phi) is 3.16. The molecule has 1 saturated carbocycles. The van der Waals surface area contributed by atoms with E-state index in [1.165, 1.54) is 0 Å². The van der Waals surface area contributed by atoms with Crippen molar-refractivity contribution in [2.75, 3.05) is 0 Å². The zero-order valence-corrected chi connectivity index (χ0v) is 12.8. The SMILES string of the molecule is O=C(NC1(C(=O)O)CC1c1ccccc1)c1ccc2cc[nH]c2c1. The van der Waals surface area contributed by atoms with E-state index < -0.39 is 11.5 Å². The number of aliphatic carboxylic acids is 1. The molecular weight excluding hydrogens is 304 g/mol. The first-order valence-corrected chi connectivity index (χ1v) is 7.78. The number of carbonyl (C=O) groups is 2. The third kappa shape index (κ3) is 2.25. The van der Waals surface area contributed by atoms with Crippen LogP contribution in [0.2, 0.25) is 0 Å². The second-order valence-corrected chi connectivity index (χ2v) is 6.18. The second kappa shape index (κ2) is 5.23. The van der Waals surface area contributed by atoms with Crippen molar-refractivity contribution >= 4 is 22.8 Å². The molecule has 120 valence electrons. The van der Waals surface area contributed by atoms with Crippen molar-refractivity contribution in [2.24, 2.45) is 0 Å². The third-order valence-corrected chi connectivity index (χ3v) is 4.70. The number of fused-ring (bicyclic) bond motifs is 1. The molecule has 24 heavy (non-hydrogen) atoms. The topological polar surface area (TPSA) is 82.2 Å². The van der Waals surface area contributed by atoms with Crippen LogP contribution in [0.5, 0.6) is 0 Å². The van der Waals surface area contributed by atoms with E-state index in [1.807, 2.05) is 42.5 Å². The maximum atomic E-state index is 12.6. The van der Waals surface area contributed by atoms with Crippen LogP contribution >= 0.6 is 0 Å². The van der Waals surface area contributed by atoms with Gasteiger partial charge in [0.1, 0.15) is 5.54 Å². The molecule has 1 amide bonds. The lowest BCUT2D eigenvalue weighted by atomic mass is 10.1. The Labute approximate surface area is 138 Å². The molecule has 1 fully saturated rings. The van der Waals surface area contributed by atoms with Crippen molar-refractivity contribution in [1.82, 2.24) is 10.3 Å². The highest BCUT2D eigenvalue weighted by Gasteiger charge is 2.62. The Bertz CT molecular complexity index is 932. The van der Waals surface area contributed by atoms with Gasteiger partial charge in [0, 0.05) is 23.2 Å². The molecule has 0 radical (unpaired) electrons. The average Bonchev–Trinajstić information content (AvgIpc) is 3.13. The van der Waals surface area contributed by atoms with Crippen LogP contribution in [0.1, 0.15) is 28.3 Å². The van der Waals surface area contributed by atoms with Gasteiger partial charge in [0.05, 0.1) is 0 Å². The van der Waals surface area contributed by atoms with Gasteiger partial charge in [-0.1, -0.05) is 36.4 Å². The van der Waals surface area contributed by atoms with Crippen LogP contribution in [0.4, 0.5) is 0 Å². The minimum Gasteiger partial charge on any atom is -0.479 e. The predicted molar refractivity (Wildman–Crippen MR) is 89.9 cm³/mol. The lowest BCUT2D eigenvalue weighted by Crippen LogP contribution is -2.44. The quantitative estimate of drug-likeness (QED) is 0.691. The van der Waals surface area contributed by atoms with Gasteiger partial charge in [-0.2, -0.15) is 0 Å². The lowest BCUT2D eigenvalue weighted by Gasteiger charge is -2.15. The van der Waals surface area contributed by atoms with Gasteiger partial charge >= 0.3 is 5.97 Å². The first-order chi connectivity index (χ1) is 11.6. The minimum absolute atomic E-state index is 0.200. The number of aromatic nitrogens is 1. The average molecular weight is 320 g/mol. The van der Waals surface area contributed by atoms with Crippen molar-refractivity contribution in [2.45, 2.75) is 17.9 Å². The van der Waals surface area contributed by atoms with Gasteiger partial charge in [-0.25, -0.2) is 4.79 Å². The zero-order valence-electron chi connectivity index (χ0n) is 12.8. The maximum Gasteiger partial charge on any atom is 0.330 e. The van der Waals surface area contributed by atoms with Crippen molar-refractivity contribution in [1.29, 1.82) is 0 Å². The molecule has 2 unspecified atom stereocenters. The van der Waals surface area contributed by atoms with Crippen LogP contribution in [0, 0.1) is 0 Å². The van der Waals surface area contributed by atoms with Crippen LogP contribution in [-0.4, -0.2) is 27.5 Å². The molecule has 0 bridgehead atoms. The van der Waals surface area contributed by atoms with Crippen molar-refractivity contribution in [3.05, 3.63) is 71.9 Å². The van der Waals surface area contributed by atoms with E-state index in [0.29, 0.717) is 12.0 Å². The summed E-state index contributed by atoms with van der Waals surface area (Å²) < 4.78 is 0. The third-order valence-electron chi connectivity index (χ3n) is 4.70. The summed E-state index contributed by atoms with van der Waals surface area (Å²) in [6, 6.07) is 16.6. The normalized spacial score (nSPS) is 22.2. The number of aromatic amines is 1. The van der Waals surface area contributed by atoms with Crippen LogP contribution in [0.3, 0.4) is 0 Å². The maximum absolute atomic E-state index is 12.6. The minimum atomic E-state index is -1.22. The summed E-state index contributed by atoms with van der Waals surface area (Å²) in [5.41, 5.74) is 1.01. The Morgan fingerprint density at radius 2 is 1.92 bits per heavy atom. The van der Waals surface area contributed by atoms with Crippen LogP contribution in [0.25, 0.3) is 10.9 Å². The standard InChI is InChI=1S/C19H16N2O3/c22-17(14-7-6-13-8-9-20-16(13)10-14)21-19(18(23)24)11-15(19)12-4-2-1-3-5-12/h1-10,15,20H,11H2,(H,21,22)(H,23,24). The monoisotopic (exact) mass is 320 g/mol. The van der Waals surface area contributed by atoms with Gasteiger partial charge in [0.15, 0.2) is 0 Å². The Hall–Kier alpha value is -3.08. The Morgan fingerprint density at radius 1 is 1.12 bits per heavy atom. The highest BCUT2D eigenvalue weighted by atomic mass is 16.4. The van der Waals surface area contributed by atoms with Crippen molar-refractivity contribution < 1.29 is 14.7 Å². The number of H-pyrrole nitrogens is 1. The first kappa shape index (κ1) is 14.5. The molecule has 2 atom stereocenters. The molecule has 3 aromatic rings. The summed E-state index contributed by atoms with van der Waals surface area (Å²) in [5.74, 6) is -1.56. The van der Waals surface area contributed by atoms with E-state index in [1.54, 1.807) is 18.3 Å². The van der Waals surface area contributed by atoms with Crippen LogP contribution in [0.15, 0.2) is 60.8 Å². The summed E-state index contributed by atoms with van der Waals surface area (Å²) in [6.07, 6.45) is 2.21. The molecule has 1 aliphatic carbocycles. The van der Waals surface area contributed by atoms with E-state index in [9.17, 15) is 14.7 Å². The number of nitrogens with one attached hydrogen (secondary N) is 2. The van der Waals surface area contributed by atoms with Gasteiger partial charge in [-0.3, -0.25) is 4.79 Å². The molecule has 1 heterocycles. The van der Waals surface area contributed by atoms with Crippen LogP contribution in [-0.2, 0) is 4.79 Å². The first-order valence-electron chi connectivity index (χ1n) is 7.78. The number of carboxylic acids is 1. The fourth-order valence-electron chi connectivity index (χ4n) is 3.24. The molecule has 5 heteroatoms. The van der Waals surface area contributed by atoms with E-state index in [2.05, 4.69) is 10.3 Å². The Balaban J connectivity index is 1.60. The van der Waals surface area contributed by atoms with Gasteiger partial charge in [0.25, 0.3) is 5.91 Å². The van der Waals surface area contributed by atoms with Gasteiger partial charge < -0.3 is 15.4 Å². The summed E-state index contributed by atoms with van der Waals surface area (Å²) >= 11 is 0. The summed E-state index contributed by atoms with van der Waals surface area (Å²) in [5, 5.41) is 13.4. The number of hydrogen-bond acceptors (Lipinski definition) is 2. The fourth-order valence-corrected chi connectivity index (χ4v) is 3.24. The van der Waals surface area contributed by atoms with Gasteiger partial charge in [-0.15, -0.1) is 0 Å². The van der Waals surface area contributed by atoms with E-state index in [0.717, 1.165) is 16.5 Å². The predicted octanol–water partition coefficient (Wildman–Crippen LogP) is 2.91. The summed E-state index contributed by atoms with van der Waals surface area (Å²) in [4.78, 5) is 27.4. The lowest BCUT2D eigenvalue weighted by molar-refractivity contribution is -0.140. The highest BCUT2D eigenvalue weighted by Crippen LogP contribution is 2.51. The second-order valence-electron chi connectivity index (χ2n) is 6.18. The van der Waals surface area contributed by atoms with Gasteiger partial charge in [-0.05, 0) is 35.6 Å². The summed E-state index contributed by atoms with van der Waals surface area (Å²) in [7, 11) is 0. The molecule has 1 aliphatic rings. The molecule has 3 N–H and O–H groups in total. The number of rotatable bonds is 4. The van der Waals surface area contributed by atoms with Gasteiger partial charge in [0.2, 0.25) is 0 Å². The number of amides is 1. The Morgan fingerprint density at radius 3 is 2.67 bits per heavy atom. The number of benzene rings is 2. The highest BCUT2D eigenvalue weighted by molar-refractivity contribution is 6.02. The number of hydrogen-bond donors (Lipinski definition) is 3. The zero-order chi connectivity index (χ0) is 16.7. The molecule has 0 saturated heterocycles. The van der Waals surface area contributed by atoms with Crippen molar-refractivity contribution in [3.8, 4) is 0 Å². The molecule has 0 aliphatic heterocycles. The summed E-state index contributed by atoms with van der Waals surface area (Å²) in [6.45, 7) is 0. The van der Waals surface area contributed by atoms with Crippen LogP contribution < -0.4 is 5.32 Å². The molecule has 0 spiro atoms. The molecule has 5 nitrogen and oxygen atoms in total. The largest absolute Gasteiger partial charge is 0.479 e. The molecule has 4 rings (SSSR count). The van der Waals surface area contributed by atoms with E-state index >= 15 is 0 Å².